The lowest BCUT2D eigenvalue weighted by atomic mass is 10.2. The van der Waals surface area contributed by atoms with Crippen molar-refractivity contribution in [2.45, 2.75) is 36.6 Å². The van der Waals surface area contributed by atoms with Crippen LogP contribution < -0.4 is 4.74 Å². The molecule has 0 amide bonds. The summed E-state index contributed by atoms with van der Waals surface area (Å²) < 4.78 is 12.9. The smallest absolute Gasteiger partial charge is 0.229 e. The predicted molar refractivity (Wildman–Crippen MR) is 119 cm³/mol. The van der Waals surface area contributed by atoms with Gasteiger partial charge in [-0.25, -0.2) is 0 Å². The van der Waals surface area contributed by atoms with Crippen molar-refractivity contribution in [1.82, 2.24) is 24.9 Å². The lowest BCUT2D eigenvalue weighted by molar-refractivity contribution is 0.340. The molecule has 1 aliphatic rings. The fraction of sp³-hybridized carbons (Fsp3) is 0.273. The van der Waals surface area contributed by atoms with Crippen molar-refractivity contribution in [2.24, 2.45) is 0 Å². The molecule has 0 atom stereocenters. The van der Waals surface area contributed by atoms with Crippen LogP contribution in [0.25, 0.3) is 17.1 Å². The van der Waals surface area contributed by atoms with E-state index in [1.165, 1.54) is 11.8 Å². The molecular weight excluding hydrogens is 434 g/mol. The summed E-state index contributed by atoms with van der Waals surface area (Å²) in [6, 6.07) is 15.5. The van der Waals surface area contributed by atoms with Crippen LogP contribution in [0.3, 0.4) is 0 Å². The van der Waals surface area contributed by atoms with Gasteiger partial charge in [0.1, 0.15) is 5.75 Å². The van der Waals surface area contributed by atoms with E-state index in [0.29, 0.717) is 34.9 Å². The van der Waals surface area contributed by atoms with E-state index < -0.39 is 0 Å². The van der Waals surface area contributed by atoms with Crippen molar-refractivity contribution < 1.29 is 9.26 Å². The van der Waals surface area contributed by atoms with E-state index in [4.69, 9.17) is 20.9 Å². The Balaban J connectivity index is 1.48. The number of hydrogen-bond donors (Lipinski definition) is 0. The SMILES string of the molecule is CCOc1ccc(-n2c(SCc3noc(C4CC4)n3)nnc2-c2ccccc2Cl)cc1. The van der Waals surface area contributed by atoms with Crippen LogP contribution in [0.2, 0.25) is 5.02 Å². The van der Waals surface area contributed by atoms with Gasteiger partial charge in [0, 0.05) is 17.2 Å². The van der Waals surface area contributed by atoms with Gasteiger partial charge in [0.15, 0.2) is 16.8 Å². The van der Waals surface area contributed by atoms with Crippen LogP contribution in [-0.2, 0) is 5.75 Å². The number of benzene rings is 2. The standard InChI is InChI=1S/C22H20ClN5O2S/c1-2-29-16-11-9-15(10-12-16)28-20(17-5-3-4-6-18(17)23)25-26-22(28)31-13-19-24-21(30-27-19)14-7-8-14/h3-6,9-12,14H,2,7-8,13H2,1H3. The Hall–Kier alpha value is -2.84. The minimum absolute atomic E-state index is 0.436. The average molecular weight is 454 g/mol. The van der Waals surface area contributed by atoms with Crippen molar-refractivity contribution in [3.05, 3.63) is 65.3 Å². The van der Waals surface area contributed by atoms with Gasteiger partial charge in [-0.2, -0.15) is 4.98 Å². The minimum Gasteiger partial charge on any atom is -0.494 e. The van der Waals surface area contributed by atoms with Crippen LogP contribution in [0.1, 0.15) is 37.4 Å². The van der Waals surface area contributed by atoms with Crippen molar-refractivity contribution in [1.29, 1.82) is 0 Å². The van der Waals surface area contributed by atoms with E-state index in [9.17, 15) is 0 Å². The Kier molecular flexibility index (Phi) is 5.65. The third-order valence-corrected chi connectivity index (χ3v) is 6.15. The van der Waals surface area contributed by atoms with Gasteiger partial charge in [-0.3, -0.25) is 4.57 Å². The quantitative estimate of drug-likeness (QED) is 0.324. The Morgan fingerprint density at radius 1 is 1.13 bits per heavy atom. The molecule has 31 heavy (non-hydrogen) atoms. The van der Waals surface area contributed by atoms with Gasteiger partial charge in [0.2, 0.25) is 5.89 Å². The minimum atomic E-state index is 0.436. The molecule has 7 nitrogen and oxygen atoms in total. The molecule has 1 aliphatic carbocycles. The first-order chi connectivity index (χ1) is 15.2. The van der Waals surface area contributed by atoms with Crippen molar-refractivity contribution >= 4 is 23.4 Å². The summed E-state index contributed by atoms with van der Waals surface area (Å²) in [6.07, 6.45) is 2.25. The zero-order chi connectivity index (χ0) is 21.2. The summed E-state index contributed by atoms with van der Waals surface area (Å²) in [6.45, 7) is 2.58. The zero-order valence-electron chi connectivity index (χ0n) is 16.9. The van der Waals surface area contributed by atoms with Crippen molar-refractivity contribution in [2.75, 3.05) is 6.61 Å². The molecule has 0 aliphatic heterocycles. The number of halogens is 1. The molecule has 0 saturated heterocycles. The highest BCUT2D eigenvalue weighted by Crippen LogP contribution is 2.39. The highest BCUT2D eigenvalue weighted by Gasteiger charge is 2.29. The first kappa shape index (κ1) is 20.1. The number of thioether (sulfide) groups is 1. The second-order valence-electron chi connectivity index (χ2n) is 7.16. The van der Waals surface area contributed by atoms with Crippen LogP contribution >= 0.6 is 23.4 Å². The average Bonchev–Trinajstić information content (AvgIpc) is 3.38. The monoisotopic (exact) mass is 453 g/mol. The summed E-state index contributed by atoms with van der Waals surface area (Å²) in [5.41, 5.74) is 1.73. The topological polar surface area (TPSA) is 78.9 Å². The summed E-state index contributed by atoms with van der Waals surface area (Å²) >= 11 is 7.97. The third-order valence-electron chi connectivity index (χ3n) is 4.89. The molecule has 2 aromatic heterocycles. The maximum atomic E-state index is 6.46. The maximum Gasteiger partial charge on any atom is 0.229 e. The molecule has 1 fully saturated rings. The molecule has 0 spiro atoms. The molecule has 158 valence electrons. The van der Waals surface area contributed by atoms with Gasteiger partial charge in [0.05, 0.1) is 17.4 Å². The largest absolute Gasteiger partial charge is 0.494 e. The van der Waals surface area contributed by atoms with Gasteiger partial charge < -0.3 is 9.26 Å². The van der Waals surface area contributed by atoms with E-state index in [1.807, 2.05) is 60.0 Å². The van der Waals surface area contributed by atoms with Crippen LogP contribution in [0, 0.1) is 0 Å². The number of hydrogen-bond acceptors (Lipinski definition) is 7. The van der Waals surface area contributed by atoms with Crippen LogP contribution in [0.15, 0.2) is 58.2 Å². The highest BCUT2D eigenvalue weighted by molar-refractivity contribution is 7.98. The second-order valence-corrected chi connectivity index (χ2v) is 8.51. The highest BCUT2D eigenvalue weighted by atomic mass is 35.5. The van der Waals surface area contributed by atoms with Crippen LogP contribution in [-0.4, -0.2) is 31.5 Å². The first-order valence-corrected chi connectivity index (χ1v) is 11.5. The number of rotatable bonds is 8. The number of ether oxygens (including phenoxy) is 1. The zero-order valence-corrected chi connectivity index (χ0v) is 18.4. The Morgan fingerprint density at radius 2 is 1.94 bits per heavy atom. The van der Waals surface area contributed by atoms with Gasteiger partial charge in [0.25, 0.3) is 0 Å². The van der Waals surface area contributed by atoms with Gasteiger partial charge in [-0.15, -0.1) is 10.2 Å². The molecule has 1 saturated carbocycles. The lowest BCUT2D eigenvalue weighted by Gasteiger charge is -2.12. The van der Waals surface area contributed by atoms with E-state index in [-0.39, 0.29) is 0 Å². The Labute approximate surface area is 188 Å². The Bertz CT molecular complexity index is 1190. The third kappa shape index (κ3) is 4.31. The van der Waals surface area contributed by atoms with Crippen LogP contribution in [0.5, 0.6) is 5.75 Å². The molecule has 0 bridgehead atoms. The summed E-state index contributed by atoms with van der Waals surface area (Å²) in [5, 5.41) is 14.3. The van der Waals surface area contributed by atoms with Crippen LogP contribution in [0.4, 0.5) is 0 Å². The van der Waals surface area contributed by atoms with E-state index in [2.05, 4.69) is 20.3 Å². The number of aromatic nitrogens is 5. The second kappa shape index (κ2) is 8.72. The molecule has 5 rings (SSSR count). The molecule has 0 unspecified atom stereocenters. The van der Waals surface area contributed by atoms with E-state index in [1.54, 1.807) is 0 Å². The molecule has 9 heteroatoms. The van der Waals surface area contributed by atoms with Gasteiger partial charge in [-0.05, 0) is 56.2 Å². The van der Waals surface area contributed by atoms with Crippen molar-refractivity contribution in [3.63, 3.8) is 0 Å². The molecule has 4 aromatic rings. The first-order valence-electron chi connectivity index (χ1n) is 10.1. The normalized spacial score (nSPS) is 13.5. The molecule has 2 aromatic carbocycles. The Morgan fingerprint density at radius 3 is 2.68 bits per heavy atom. The van der Waals surface area contributed by atoms with Gasteiger partial charge in [-0.1, -0.05) is 40.7 Å². The summed E-state index contributed by atoms with van der Waals surface area (Å²) in [4.78, 5) is 4.51. The predicted octanol–water partition coefficient (Wildman–Crippen LogP) is 5.54. The van der Waals surface area contributed by atoms with Gasteiger partial charge >= 0.3 is 0 Å². The fourth-order valence-corrected chi connectivity index (χ4v) is 4.24. The molecule has 0 N–H and O–H groups in total. The van der Waals surface area contributed by atoms with Crippen molar-refractivity contribution in [3.8, 4) is 22.8 Å². The molecule has 2 heterocycles. The van der Waals surface area contributed by atoms with E-state index in [0.717, 1.165) is 40.9 Å². The molecular formula is C22H20ClN5O2S. The van der Waals surface area contributed by atoms with E-state index >= 15 is 0 Å². The molecule has 0 radical (unpaired) electrons. The lowest BCUT2D eigenvalue weighted by Crippen LogP contribution is -2.01. The number of nitrogens with zero attached hydrogens (tertiary/aromatic N) is 5. The maximum absolute atomic E-state index is 6.46. The fourth-order valence-electron chi connectivity index (χ4n) is 3.22. The summed E-state index contributed by atoms with van der Waals surface area (Å²) in [7, 11) is 0. The summed E-state index contributed by atoms with van der Waals surface area (Å²) in [5.74, 6) is 3.85.